The third-order valence-electron chi connectivity index (χ3n) is 4.59. The number of ether oxygens (including phenoxy) is 3. The molecule has 0 unspecified atom stereocenters. The zero-order valence-electron chi connectivity index (χ0n) is 23.6. The number of nitrogens with zero attached hydrogens (tertiary/aromatic N) is 5. The number of aromatic nitrogens is 4. The summed E-state index contributed by atoms with van der Waals surface area (Å²) in [6.45, 7) is 15.2. The molecule has 38 heavy (non-hydrogen) atoms. The van der Waals surface area contributed by atoms with Crippen molar-refractivity contribution in [2.75, 3.05) is 4.90 Å². The fraction of sp³-hybridized carbons (Fsp3) is 0.462. The van der Waals surface area contributed by atoms with E-state index >= 15 is 0 Å². The van der Waals surface area contributed by atoms with E-state index in [1.54, 1.807) is 94.4 Å². The van der Waals surface area contributed by atoms with Crippen LogP contribution in [0, 0.1) is 0 Å². The summed E-state index contributed by atoms with van der Waals surface area (Å²) in [5.74, 6) is -0.178. The van der Waals surface area contributed by atoms with Crippen LogP contribution >= 0.6 is 0 Å². The second-order valence-electron chi connectivity index (χ2n) is 11.7. The molecule has 0 spiro atoms. The van der Waals surface area contributed by atoms with E-state index in [9.17, 15) is 14.4 Å². The first kappa shape index (κ1) is 28.6. The van der Waals surface area contributed by atoms with E-state index in [0.29, 0.717) is 21.5 Å². The predicted molar refractivity (Wildman–Crippen MR) is 146 cm³/mol. The molecule has 0 saturated heterocycles. The fourth-order valence-corrected chi connectivity index (χ4v) is 3.32. The van der Waals surface area contributed by atoms with Gasteiger partial charge in [-0.25, -0.2) is 28.9 Å². The first-order chi connectivity index (χ1) is 17.4. The van der Waals surface area contributed by atoms with Gasteiger partial charge < -0.3 is 14.2 Å². The summed E-state index contributed by atoms with van der Waals surface area (Å²) < 4.78 is 17.9. The number of carbonyl (C=O) groups is 3. The minimum atomic E-state index is -1.02. The van der Waals surface area contributed by atoms with Crippen LogP contribution in [0.25, 0.3) is 22.6 Å². The Labute approximate surface area is 222 Å². The van der Waals surface area contributed by atoms with Crippen LogP contribution in [0.3, 0.4) is 0 Å². The van der Waals surface area contributed by atoms with Crippen molar-refractivity contribution in [3.05, 3.63) is 30.5 Å². The Morgan fingerprint density at radius 2 is 1.34 bits per heavy atom. The normalized spacial score (nSPS) is 12.2. The van der Waals surface area contributed by atoms with Gasteiger partial charge in [0, 0.05) is 11.8 Å². The first-order valence-corrected chi connectivity index (χ1v) is 12.2. The lowest BCUT2D eigenvalue weighted by Crippen LogP contribution is -2.45. The van der Waals surface area contributed by atoms with Crippen molar-refractivity contribution in [2.24, 2.45) is 0 Å². The van der Waals surface area contributed by atoms with Gasteiger partial charge in [0.2, 0.25) is 0 Å². The van der Waals surface area contributed by atoms with Crippen molar-refractivity contribution in [3.8, 4) is 11.5 Å². The number of carbonyl (C=O) groups excluding carboxylic acids is 3. The molecule has 3 rings (SSSR count). The maximum absolute atomic E-state index is 13.4. The maximum Gasteiger partial charge on any atom is 0.425 e. The van der Waals surface area contributed by atoms with Crippen molar-refractivity contribution in [2.45, 2.75) is 79.1 Å². The Morgan fingerprint density at radius 3 is 1.87 bits per heavy atom. The summed E-state index contributed by atoms with van der Waals surface area (Å²) in [6.07, 6.45) is -1.37. The Morgan fingerprint density at radius 1 is 0.816 bits per heavy atom. The monoisotopic (exact) mass is 523 g/mol. The quantitative estimate of drug-likeness (QED) is 0.359. The highest BCUT2D eigenvalue weighted by Gasteiger charge is 2.37. The fourth-order valence-electron chi connectivity index (χ4n) is 3.32. The molecule has 0 radical (unpaired) electrons. The van der Waals surface area contributed by atoms with Gasteiger partial charge in [0.25, 0.3) is 0 Å². The smallest absolute Gasteiger partial charge is 0.425 e. The number of imidazole rings is 1. The van der Waals surface area contributed by atoms with Crippen LogP contribution in [0.2, 0.25) is 0 Å². The van der Waals surface area contributed by atoms with Crippen LogP contribution in [0.15, 0.2) is 30.5 Å². The lowest BCUT2D eigenvalue weighted by molar-refractivity contribution is 0.0427. The van der Waals surface area contributed by atoms with Gasteiger partial charge in [-0.3, -0.25) is 4.98 Å². The van der Waals surface area contributed by atoms with E-state index in [4.69, 9.17) is 14.2 Å². The molecule has 0 N–H and O–H groups in total. The van der Waals surface area contributed by atoms with E-state index in [1.807, 2.05) is 0 Å². The second kappa shape index (κ2) is 10.1. The molecule has 0 aliphatic heterocycles. The van der Waals surface area contributed by atoms with Gasteiger partial charge >= 0.3 is 18.3 Å². The SMILES string of the molecule is Bc1cnc(N(C(=O)OC(C)(C)C)C(=O)OC(C)(C)C)c(-c2nc3ccccc3n2C(=O)OC(C)(C)C)n1. The molecular formula is C26H34BN5O6. The molecule has 0 bridgehead atoms. The molecule has 0 aliphatic rings. The molecule has 0 aliphatic carbocycles. The van der Waals surface area contributed by atoms with E-state index in [-0.39, 0.29) is 17.3 Å². The van der Waals surface area contributed by atoms with Crippen LogP contribution in [-0.2, 0) is 14.2 Å². The number of hydrogen-bond donors (Lipinski definition) is 0. The van der Waals surface area contributed by atoms with E-state index < -0.39 is 35.1 Å². The van der Waals surface area contributed by atoms with Crippen LogP contribution in [0.4, 0.5) is 20.2 Å². The summed E-state index contributed by atoms with van der Waals surface area (Å²) in [5, 5.41) is 0. The molecule has 2 heterocycles. The third kappa shape index (κ3) is 6.87. The molecular weight excluding hydrogens is 489 g/mol. The van der Waals surface area contributed by atoms with Crippen molar-refractivity contribution in [3.63, 3.8) is 0 Å². The highest BCUT2D eigenvalue weighted by Crippen LogP contribution is 2.32. The summed E-state index contributed by atoms with van der Waals surface area (Å²) in [4.78, 5) is 54.3. The second-order valence-corrected chi connectivity index (χ2v) is 11.7. The van der Waals surface area contributed by atoms with Gasteiger partial charge in [0.05, 0.1) is 11.0 Å². The standard InChI is InChI=1S/C26H34BN5O6/c1-24(2,3)36-21(33)31-16-13-11-10-12-15(16)29-20(31)18-19(28-14-17(27)30-18)32(22(34)37-25(4,5)6)23(35)38-26(7,8)9/h10-14H,27H2,1-9H3. The topological polar surface area (TPSA) is 126 Å². The molecule has 0 atom stereocenters. The van der Waals surface area contributed by atoms with E-state index in [0.717, 1.165) is 0 Å². The zero-order valence-corrected chi connectivity index (χ0v) is 23.6. The van der Waals surface area contributed by atoms with Crippen LogP contribution in [-0.4, -0.2) is 62.4 Å². The average Bonchev–Trinajstić information content (AvgIpc) is 3.10. The Balaban J connectivity index is 2.31. The molecule has 11 nitrogen and oxygen atoms in total. The molecule has 2 aromatic heterocycles. The molecule has 0 fully saturated rings. The molecule has 12 heteroatoms. The Kier molecular flexibility index (Phi) is 7.58. The van der Waals surface area contributed by atoms with Gasteiger partial charge in [0.1, 0.15) is 22.5 Å². The number of rotatable bonds is 2. The van der Waals surface area contributed by atoms with Gasteiger partial charge in [-0.05, 0) is 74.4 Å². The minimum absolute atomic E-state index is 0.0104. The van der Waals surface area contributed by atoms with Gasteiger partial charge in [-0.15, -0.1) is 0 Å². The number of anilines is 1. The van der Waals surface area contributed by atoms with E-state index in [1.165, 1.54) is 10.8 Å². The van der Waals surface area contributed by atoms with Gasteiger partial charge in [-0.2, -0.15) is 4.90 Å². The summed E-state index contributed by atoms with van der Waals surface area (Å²) in [7, 11) is 1.69. The average molecular weight is 523 g/mol. The van der Waals surface area contributed by atoms with E-state index in [2.05, 4.69) is 15.0 Å². The minimum Gasteiger partial charge on any atom is -0.443 e. The number of fused-ring (bicyclic) bond motifs is 1. The lowest BCUT2D eigenvalue weighted by atomic mass is 10.1. The van der Waals surface area contributed by atoms with Gasteiger partial charge in [-0.1, -0.05) is 12.1 Å². The summed E-state index contributed by atoms with van der Waals surface area (Å²) in [5.41, 5.74) is -1.29. The number of imide groups is 1. The zero-order chi connectivity index (χ0) is 28.6. The largest absolute Gasteiger partial charge is 0.443 e. The molecule has 3 aromatic rings. The molecule has 1 aromatic carbocycles. The van der Waals surface area contributed by atoms with Crippen LogP contribution in [0.1, 0.15) is 62.3 Å². The Hall–Kier alpha value is -3.96. The number of hydrogen-bond acceptors (Lipinski definition) is 9. The number of para-hydroxylation sites is 2. The highest BCUT2D eigenvalue weighted by molar-refractivity contribution is 6.30. The molecule has 202 valence electrons. The van der Waals surface area contributed by atoms with Crippen LogP contribution < -0.4 is 10.5 Å². The highest BCUT2D eigenvalue weighted by atomic mass is 16.6. The number of amides is 2. The van der Waals surface area contributed by atoms with Crippen molar-refractivity contribution in [1.82, 2.24) is 19.5 Å². The molecule has 2 amide bonds. The summed E-state index contributed by atoms with van der Waals surface area (Å²) in [6, 6.07) is 6.96. The Bertz CT molecular complexity index is 1350. The van der Waals surface area contributed by atoms with Crippen molar-refractivity contribution < 1.29 is 28.6 Å². The first-order valence-electron chi connectivity index (χ1n) is 12.2. The third-order valence-corrected chi connectivity index (χ3v) is 4.59. The van der Waals surface area contributed by atoms with Crippen molar-refractivity contribution >= 4 is 48.6 Å². The predicted octanol–water partition coefficient (Wildman–Crippen LogP) is 4.21. The lowest BCUT2D eigenvalue weighted by Gasteiger charge is -2.28. The van der Waals surface area contributed by atoms with Crippen LogP contribution in [0.5, 0.6) is 0 Å². The van der Waals surface area contributed by atoms with Crippen molar-refractivity contribution in [1.29, 1.82) is 0 Å². The molecule has 0 saturated carbocycles. The number of benzene rings is 1. The maximum atomic E-state index is 13.4. The van der Waals surface area contributed by atoms with Gasteiger partial charge in [0.15, 0.2) is 19.5 Å². The summed E-state index contributed by atoms with van der Waals surface area (Å²) >= 11 is 0.